The third-order valence-corrected chi connectivity index (χ3v) is 4.42. The summed E-state index contributed by atoms with van der Waals surface area (Å²) in [6.07, 6.45) is 1.46. The first-order chi connectivity index (χ1) is 7.61. The van der Waals surface area contributed by atoms with Gasteiger partial charge in [0, 0.05) is 13.0 Å². The summed E-state index contributed by atoms with van der Waals surface area (Å²) in [4.78, 5) is 25.7. The van der Waals surface area contributed by atoms with Crippen molar-refractivity contribution in [3.63, 3.8) is 0 Å². The molecule has 1 aliphatic heterocycles. The molecule has 1 aromatic rings. The molecule has 3 nitrogen and oxygen atoms in total. The van der Waals surface area contributed by atoms with Crippen molar-refractivity contribution >= 4 is 39.1 Å². The Kier molecular flexibility index (Phi) is 3.44. The summed E-state index contributed by atoms with van der Waals surface area (Å²) in [6, 6.07) is 3.58. The fraction of sp³-hybridized carbons (Fsp3) is 0.455. The smallest absolute Gasteiger partial charge is 0.270 e. The number of likely N-dealkylation sites (tertiary alicyclic amines) is 1. The Morgan fingerprint density at radius 1 is 1.62 bits per heavy atom. The number of carbonyl (C=O) groups excluding carboxylic acids is 2. The molecular weight excluding hydrogens is 290 g/mol. The first-order valence-electron chi connectivity index (χ1n) is 5.22. The molecule has 5 heteroatoms. The zero-order valence-electron chi connectivity index (χ0n) is 8.90. The number of amides is 2. The van der Waals surface area contributed by atoms with Gasteiger partial charge in [0.05, 0.1) is 8.66 Å². The number of hydrogen-bond donors (Lipinski definition) is 0. The van der Waals surface area contributed by atoms with E-state index in [0.717, 1.165) is 10.2 Å². The van der Waals surface area contributed by atoms with Crippen LogP contribution < -0.4 is 0 Å². The van der Waals surface area contributed by atoms with Gasteiger partial charge < -0.3 is 0 Å². The van der Waals surface area contributed by atoms with E-state index in [2.05, 4.69) is 15.9 Å². The van der Waals surface area contributed by atoms with Crippen molar-refractivity contribution in [3.8, 4) is 0 Å². The molecule has 1 saturated heterocycles. The van der Waals surface area contributed by atoms with Crippen LogP contribution in [-0.2, 0) is 4.79 Å². The lowest BCUT2D eigenvalue weighted by Gasteiger charge is -2.12. The molecule has 1 fully saturated rings. The average Bonchev–Trinajstić information content (AvgIpc) is 2.83. The molecule has 0 aromatic carbocycles. The number of nitrogens with zero attached hydrogens (tertiary/aromatic N) is 1. The summed E-state index contributed by atoms with van der Waals surface area (Å²) in [5.74, 6) is 0.137. The minimum Gasteiger partial charge on any atom is -0.278 e. The van der Waals surface area contributed by atoms with Gasteiger partial charge in [0.25, 0.3) is 5.91 Å². The van der Waals surface area contributed by atoms with Gasteiger partial charge in [-0.15, -0.1) is 11.3 Å². The molecule has 2 heterocycles. The molecule has 0 spiro atoms. The second-order valence-electron chi connectivity index (χ2n) is 3.89. The van der Waals surface area contributed by atoms with Gasteiger partial charge in [0.1, 0.15) is 0 Å². The number of rotatable bonds is 2. The second kappa shape index (κ2) is 4.67. The fourth-order valence-corrected chi connectivity index (χ4v) is 3.15. The first kappa shape index (κ1) is 11.8. The Labute approximate surface area is 107 Å². The molecular formula is C11H12BrNO2S. The number of carbonyl (C=O) groups is 2. The molecule has 0 radical (unpaired) electrons. The van der Waals surface area contributed by atoms with E-state index in [4.69, 9.17) is 0 Å². The minimum absolute atomic E-state index is 0.0404. The molecule has 1 aliphatic rings. The highest BCUT2D eigenvalue weighted by Gasteiger charge is 2.33. The quantitative estimate of drug-likeness (QED) is 0.788. The van der Waals surface area contributed by atoms with Gasteiger partial charge in [0.2, 0.25) is 5.91 Å². The van der Waals surface area contributed by atoms with Crippen molar-refractivity contribution < 1.29 is 9.59 Å². The summed E-state index contributed by atoms with van der Waals surface area (Å²) >= 11 is 4.68. The van der Waals surface area contributed by atoms with Crippen LogP contribution >= 0.6 is 27.3 Å². The topological polar surface area (TPSA) is 37.4 Å². The largest absolute Gasteiger partial charge is 0.278 e. The first-order valence-corrected chi connectivity index (χ1v) is 6.82. The van der Waals surface area contributed by atoms with Gasteiger partial charge in [-0.2, -0.15) is 0 Å². The van der Waals surface area contributed by atoms with E-state index in [1.165, 1.54) is 16.2 Å². The Morgan fingerprint density at radius 3 is 2.88 bits per heavy atom. The highest BCUT2D eigenvalue weighted by molar-refractivity contribution is 9.11. The number of hydrogen-bond acceptors (Lipinski definition) is 3. The molecule has 1 atom stereocenters. The lowest BCUT2D eigenvalue weighted by Crippen LogP contribution is -2.31. The third-order valence-electron chi connectivity index (χ3n) is 2.81. The van der Waals surface area contributed by atoms with Crippen LogP contribution in [-0.4, -0.2) is 23.3 Å². The predicted molar refractivity (Wildman–Crippen MR) is 66.5 cm³/mol. The molecule has 1 unspecified atom stereocenters. The van der Waals surface area contributed by atoms with Crippen molar-refractivity contribution in [1.29, 1.82) is 0 Å². The average molecular weight is 302 g/mol. The third kappa shape index (κ3) is 2.20. The van der Waals surface area contributed by atoms with Crippen LogP contribution in [0, 0.1) is 5.92 Å². The van der Waals surface area contributed by atoms with Crippen molar-refractivity contribution in [2.24, 2.45) is 5.92 Å². The van der Waals surface area contributed by atoms with Gasteiger partial charge in [-0.05, 0) is 34.0 Å². The zero-order chi connectivity index (χ0) is 11.7. The molecule has 0 saturated carbocycles. The summed E-state index contributed by atoms with van der Waals surface area (Å²) in [6.45, 7) is 2.62. The molecule has 86 valence electrons. The number of imide groups is 1. The highest BCUT2D eigenvalue weighted by atomic mass is 79.9. The van der Waals surface area contributed by atoms with E-state index < -0.39 is 0 Å². The van der Waals surface area contributed by atoms with Gasteiger partial charge in [0.15, 0.2) is 0 Å². The molecule has 2 rings (SSSR count). The fourth-order valence-electron chi connectivity index (χ4n) is 1.81. The molecule has 0 aliphatic carbocycles. The van der Waals surface area contributed by atoms with Gasteiger partial charge in [-0.3, -0.25) is 14.5 Å². The minimum atomic E-state index is -0.156. The van der Waals surface area contributed by atoms with E-state index in [1.54, 1.807) is 6.07 Å². The Bertz CT molecular complexity index is 429. The van der Waals surface area contributed by atoms with E-state index in [0.29, 0.717) is 23.8 Å². The van der Waals surface area contributed by atoms with Gasteiger partial charge in [-0.25, -0.2) is 0 Å². The van der Waals surface area contributed by atoms with E-state index in [9.17, 15) is 9.59 Å². The van der Waals surface area contributed by atoms with Crippen molar-refractivity contribution in [1.82, 2.24) is 4.90 Å². The van der Waals surface area contributed by atoms with E-state index in [1.807, 2.05) is 13.0 Å². The van der Waals surface area contributed by atoms with Gasteiger partial charge in [-0.1, -0.05) is 13.3 Å². The Balaban J connectivity index is 2.14. The second-order valence-corrected chi connectivity index (χ2v) is 6.35. The Morgan fingerprint density at radius 2 is 2.38 bits per heavy atom. The molecule has 1 aromatic heterocycles. The summed E-state index contributed by atoms with van der Waals surface area (Å²) in [5, 5.41) is 0. The predicted octanol–water partition coefficient (Wildman–Crippen LogP) is 2.91. The highest BCUT2D eigenvalue weighted by Crippen LogP contribution is 2.27. The normalized spacial score (nSPS) is 20.5. The van der Waals surface area contributed by atoms with Crippen LogP contribution in [0.3, 0.4) is 0 Å². The SMILES string of the molecule is CCC1CC(=O)N(C(=O)c2ccc(Br)s2)C1. The summed E-state index contributed by atoms with van der Waals surface area (Å²) in [7, 11) is 0. The van der Waals surface area contributed by atoms with Crippen LogP contribution in [0.5, 0.6) is 0 Å². The maximum absolute atomic E-state index is 12.0. The van der Waals surface area contributed by atoms with Crippen molar-refractivity contribution in [3.05, 3.63) is 20.8 Å². The number of thiophene rings is 1. The molecule has 16 heavy (non-hydrogen) atoms. The Hall–Kier alpha value is -0.680. The molecule has 0 bridgehead atoms. The summed E-state index contributed by atoms with van der Waals surface area (Å²) in [5.41, 5.74) is 0. The van der Waals surface area contributed by atoms with Crippen LogP contribution in [0.1, 0.15) is 29.4 Å². The van der Waals surface area contributed by atoms with Crippen molar-refractivity contribution in [2.45, 2.75) is 19.8 Å². The maximum atomic E-state index is 12.0. The lowest BCUT2D eigenvalue weighted by molar-refractivity contribution is -0.125. The van der Waals surface area contributed by atoms with E-state index >= 15 is 0 Å². The monoisotopic (exact) mass is 301 g/mol. The van der Waals surface area contributed by atoms with E-state index in [-0.39, 0.29) is 11.8 Å². The lowest BCUT2D eigenvalue weighted by atomic mass is 10.1. The maximum Gasteiger partial charge on any atom is 0.270 e. The van der Waals surface area contributed by atoms with Gasteiger partial charge >= 0.3 is 0 Å². The number of halogens is 1. The zero-order valence-corrected chi connectivity index (χ0v) is 11.3. The van der Waals surface area contributed by atoms with Crippen LogP contribution in [0.25, 0.3) is 0 Å². The molecule has 2 amide bonds. The van der Waals surface area contributed by atoms with Crippen LogP contribution in [0.4, 0.5) is 0 Å². The summed E-state index contributed by atoms with van der Waals surface area (Å²) < 4.78 is 0.912. The molecule has 0 N–H and O–H groups in total. The standard InChI is InChI=1S/C11H12BrNO2S/c1-2-7-5-10(14)13(6-7)11(15)8-3-4-9(12)16-8/h3-4,7H,2,5-6H2,1H3. The van der Waals surface area contributed by atoms with Crippen LogP contribution in [0.15, 0.2) is 15.9 Å². The van der Waals surface area contributed by atoms with Crippen LogP contribution in [0.2, 0.25) is 0 Å². The van der Waals surface area contributed by atoms with Crippen molar-refractivity contribution in [2.75, 3.05) is 6.54 Å².